The Morgan fingerprint density at radius 2 is 1.95 bits per heavy atom. The minimum absolute atomic E-state index is 0.0340. The lowest BCUT2D eigenvalue weighted by Gasteiger charge is -2.16. The molecular formula is C15H24N2O2. The van der Waals surface area contributed by atoms with E-state index in [0.717, 1.165) is 31.4 Å². The van der Waals surface area contributed by atoms with Crippen LogP contribution < -0.4 is 10.6 Å². The molecule has 1 aromatic carbocycles. The second kappa shape index (κ2) is 8.53. The zero-order valence-corrected chi connectivity index (χ0v) is 11.8. The summed E-state index contributed by atoms with van der Waals surface area (Å²) in [6, 6.07) is 6.72. The number of nitrogens with one attached hydrogen (secondary N) is 2. The average Bonchev–Trinajstić information content (AvgIpc) is 2.42. The summed E-state index contributed by atoms with van der Waals surface area (Å²) in [6.45, 7) is 2.88. The summed E-state index contributed by atoms with van der Waals surface area (Å²) in [5.41, 5.74) is 1.03. The van der Waals surface area contributed by atoms with E-state index in [1.807, 2.05) is 12.1 Å². The van der Waals surface area contributed by atoms with Gasteiger partial charge in [-0.25, -0.2) is 0 Å². The first kappa shape index (κ1) is 15.5. The van der Waals surface area contributed by atoms with Crippen LogP contribution >= 0.6 is 0 Å². The third kappa shape index (κ3) is 5.75. The van der Waals surface area contributed by atoms with Crippen molar-refractivity contribution in [1.82, 2.24) is 10.6 Å². The quantitative estimate of drug-likeness (QED) is 0.628. The van der Waals surface area contributed by atoms with Crippen molar-refractivity contribution < 1.29 is 9.90 Å². The number of amides is 1. The molecule has 0 saturated carbocycles. The molecule has 0 bridgehead atoms. The van der Waals surface area contributed by atoms with E-state index >= 15 is 0 Å². The highest BCUT2D eigenvalue weighted by atomic mass is 16.3. The zero-order valence-electron chi connectivity index (χ0n) is 11.8. The lowest BCUT2D eigenvalue weighted by Crippen LogP contribution is -2.44. The fourth-order valence-corrected chi connectivity index (χ4v) is 1.90. The van der Waals surface area contributed by atoms with Gasteiger partial charge in [-0.1, -0.05) is 31.9 Å². The van der Waals surface area contributed by atoms with E-state index in [1.54, 1.807) is 19.2 Å². The maximum Gasteiger partial charge on any atom is 0.237 e. The summed E-state index contributed by atoms with van der Waals surface area (Å²) in [5.74, 6) is 0.278. The zero-order chi connectivity index (χ0) is 14.1. The van der Waals surface area contributed by atoms with E-state index in [4.69, 9.17) is 0 Å². The lowest BCUT2D eigenvalue weighted by molar-refractivity contribution is -0.123. The second-order valence-electron chi connectivity index (χ2n) is 4.71. The molecule has 0 radical (unpaired) electrons. The van der Waals surface area contributed by atoms with E-state index in [9.17, 15) is 9.90 Å². The first-order valence-corrected chi connectivity index (χ1v) is 6.90. The van der Waals surface area contributed by atoms with Gasteiger partial charge in [-0.15, -0.1) is 0 Å². The monoisotopic (exact) mass is 264 g/mol. The lowest BCUT2D eigenvalue weighted by atomic mass is 10.1. The third-order valence-corrected chi connectivity index (χ3v) is 3.12. The smallest absolute Gasteiger partial charge is 0.237 e. The largest absolute Gasteiger partial charge is 0.508 e. The van der Waals surface area contributed by atoms with Crippen molar-refractivity contribution in [2.24, 2.45) is 0 Å². The minimum atomic E-state index is -0.230. The van der Waals surface area contributed by atoms with Crippen LogP contribution in [0.4, 0.5) is 0 Å². The Bertz CT molecular complexity index is 376. The Morgan fingerprint density at radius 1 is 1.26 bits per heavy atom. The molecule has 0 saturated heterocycles. The van der Waals surface area contributed by atoms with Crippen LogP contribution in [0.5, 0.6) is 5.75 Å². The number of carbonyl (C=O) groups is 1. The summed E-state index contributed by atoms with van der Waals surface area (Å²) < 4.78 is 0. The van der Waals surface area contributed by atoms with Gasteiger partial charge in [-0.05, 0) is 37.6 Å². The topological polar surface area (TPSA) is 61.4 Å². The number of aromatic hydroxyl groups is 1. The molecule has 4 nitrogen and oxygen atoms in total. The number of phenols is 1. The van der Waals surface area contributed by atoms with Gasteiger partial charge < -0.3 is 15.7 Å². The summed E-state index contributed by atoms with van der Waals surface area (Å²) >= 11 is 0. The molecule has 0 heterocycles. The molecule has 0 spiro atoms. The SMILES string of the molecule is CCCCCNC(=O)C(Cc1ccc(O)cc1)NC. The number of carbonyl (C=O) groups excluding carboxylic acids is 1. The normalized spacial score (nSPS) is 12.1. The average molecular weight is 264 g/mol. The van der Waals surface area contributed by atoms with Gasteiger partial charge >= 0.3 is 0 Å². The van der Waals surface area contributed by atoms with Gasteiger partial charge in [0.15, 0.2) is 0 Å². The number of benzene rings is 1. The van der Waals surface area contributed by atoms with Gasteiger partial charge in [0.05, 0.1) is 6.04 Å². The molecule has 0 fully saturated rings. The number of phenolic OH excluding ortho intramolecular Hbond substituents is 1. The van der Waals surface area contributed by atoms with Gasteiger partial charge in [0.1, 0.15) is 5.75 Å². The highest BCUT2D eigenvalue weighted by molar-refractivity contribution is 5.82. The number of rotatable bonds is 8. The number of hydrogen-bond acceptors (Lipinski definition) is 3. The van der Waals surface area contributed by atoms with Gasteiger partial charge in [-0.3, -0.25) is 4.79 Å². The molecule has 3 N–H and O–H groups in total. The van der Waals surface area contributed by atoms with Crippen LogP contribution in [0.3, 0.4) is 0 Å². The first-order valence-electron chi connectivity index (χ1n) is 6.90. The van der Waals surface area contributed by atoms with Gasteiger partial charge in [-0.2, -0.15) is 0 Å². The minimum Gasteiger partial charge on any atom is -0.508 e. The Hall–Kier alpha value is -1.55. The van der Waals surface area contributed by atoms with Crippen molar-refractivity contribution in [1.29, 1.82) is 0 Å². The maximum atomic E-state index is 12.0. The fraction of sp³-hybridized carbons (Fsp3) is 0.533. The van der Waals surface area contributed by atoms with E-state index in [0.29, 0.717) is 6.42 Å². The first-order chi connectivity index (χ1) is 9.17. The number of unbranched alkanes of at least 4 members (excludes halogenated alkanes) is 2. The van der Waals surface area contributed by atoms with E-state index in [1.165, 1.54) is 0 Å². The molecule has 0 aliphatic carbocycles. The van der Waals surface area contributed by atoms with E-state index in [2.05, 4.69) is 17.6 Å². The molecular weight excluding hydrogens is 240 g/mol. The third-order valence-electron chi connectivity index (χ3n) is 3.12. The van der Waals surface area contributed by atoms with Crippen LogP contribution in [0.15, 0.2) is 24.3 Å². The maximum absolute atomic E-state index is 12.0. The van der Waals surface area contributed by atoms with Gasteiger partial charge in [0, 0.05) is 6.54 Å². The summed E-state index contributed by atoms with van der Waals surface area (Å²) in [6.07, 6.45) is 3.94. The molecule has 1 aromatic rings. The molecule has 0 aliphatic rings. The molecule has 0 aromatic heterocycles. The fourth-order valence-electron chi connectivity index (χ4n) is 1.90. The molecule has 4 heteroatoms. The Balaban J connectivity index is 2.43. The van der Waals surface area contributed by atoms with Crippen LogP contribution in [0, 0.1) is 0 Å². The highest BCUT2D eigenvalue weighted by Crippen LogP contribution is 2.11. The number of likely N-dealkylation sites (N-methyl/N-ethyl adjacent to an activating group) is 1. The summed E-state index contributed by atoms with van der Waals surface area (Å²) in [4.78, 5) is 12.0. The molecule has 1 amide bonds. The molecule has 1 atom stereocenters. The predicted octanol–water partition coefficient (Wildman–Crippen LogP) is 1.83. The van der Waals surface area contributed by atoms with Crippen LogP contribution in [0.25, 0.3) is 0 Å². The molecule has 106 valence electrons. The van der Waals surface area contributed by atoms with Crippen molar-refractivity contribution >= 4 is 5.91 Å². The Morgan fingerprint density at radius 3 is 2.53 bits per heavy atom. The van der Waals surface area contributed by atoms with E-state index < -0.39 is 0 Å². The number of hydrogen-bond donors (Lipinski definition) is 3. The standard InChI is InChI=1S/C15H24N2O2/c1-3-4-5-10-17-15(19)14(16-2)11-12-6-8-13(18)9-7-12/h6-9,14,16,18H,3-5,10-11H2,1-2H3,(H,17,19). The van der Waals surface area contributed by atoms with Crippen molar-refractivity contribution in [2.75, 3.05) is 13.6 Å². The van der Waals surface area contributed by atoms with Gasteiger partial charge in [0.25, 0.3) is 0 Å². The van der Waals surface area contributed by atoms with Crippen molar-refractivity contribution in [3.8, 4) is 5.75 Å². The molecule has 19 heavy (non-hydrogen) atoms. The van der Waals surface area contributed by atoms with Crippen LogP contribution in [0.1, 0.15) is 31.7 Å². The van der Waals surface area contributed by atoms with Crippen LogP contribution in [-0.2, 0) is 11.2 Å². The summed E-state index contributed by atoms with van der Waals surface area (Å²) in [5, 5.41) is 15.2. The predicted molar refractivity (Wildman–Crippen MR) is 77.2 cm³/mol. The molecule has 1 rings (SSSR count). The van der Waals surface area contributed by atoms with Crippen molar-refractivity contribution in [3.63, 3.8) is 0 Å². The van der Waals surface area contributed by atoms with Gasteiger partial charge in [0.2, 0.25) is 5.91 Å². The summed E-state index contributed by atoms with van der Waals surface area (Å²) in [7, 11) is 1.79. The Labute approximate surface area is 115 Å². The van der Waals surface area contributed by atoms with Crippen molar-refractivity contribution in [3.05, 3.63) is 29.8 Å². The van der Waals surface area contributed by atoms with Crippen LogP contribution in [-0.4, -0.2) is 30.6 Å². The van der Waals surface area contributed by atoms with Crippen molar-refractivity contribution in [2.45, 2.75) is 38.6 Å². The molecule has 1 unspecified atom stereocenters. The Kier molecular flexibility index (Phi) is 6.97. The highest BCUT2D eigenvalue weighted by Gasteiger charge is 2.16. The van der Waals surface area contributed by atoms with E-state index in [-0.39, 0.29) is 17.7 Å². The second-order valence-corrected chi connectivity index (χ2v) is 4.71. The molecule has 0 aliphatic heterocycles. The van der Waals surface area contributed by atoms with Crippen LogP contribution in [0.2, 0.25) is 0 Å².